The van der Waals surface area contributed by atoms with Crippen molar-refractivity contribution in [2.45, 2.75) is 33.2 Å². The average Bonchev–Trinajstić information content (AvgIpc) is 3.48. The zero-order valence-corrected chi connectivity index (χ0v) is 15.4. The zero-order chi connectivity index (χ0) is 18.5. The lowest BCUT2D eigenvalue weighted by molar-refractivity contribution is -0.134. The molecule has 2 amide bonds. The largest absolute Gasteiger partial charge is 0.338 e. The SMILES string of the molecule is CCc1ccccc1NC(=O)C1CC1C(=O)N(CC)Cc1ccccc1. The molecule has 4 nitrogen and oxygen atoms in total. The summed E-state index contributed by atoms with van der Waals surface area (Å²) in [5.41, 5.74) is 3.08. The van der Waals surface area contributed by atoms with Gasteiger partial charge in [0, 0.05) is 18.8 Å². The van der Waals surface area contributed by atoms with E-state index in [0.29, 0.717) is 19.5 Å². The van der Waals surface area contributed by atoms with Crippen molar-refractivity contribution in [1.82, 2.24) is 4.90 Å². The molecule has 2 unspecified atom stereocenters. The van der Waals surface area contributed by atoms with Gasteiger partial charge in [0.25, 0.3) is 0 Å². The lowest BCUT2D eigenvalue weighted by atomic mass is 10.1. The van der Waals surface area contributed by atoms with Gasteiger partial charge < -0.3 is 10.2 Å². The highest BCUT2D eigenvalue weighted by Gasteiger charge is 2.49. The van der Waals surface area contributed by atoms with Gasteiger partial charge in [0.15, 0.2) is 0 Å². The van der Waals surface area contributed by atoms with Crippen LogP contribution in [0.5, 0.6) is 0 Å². The summed E-state index contributed by atoms with van der Waals surface area (Å²) in [6.07, 6.45) is 1.51. The molecule has 2 aromatic carbocycles. The molecule has 2 atom stereocenters. The fourth-order valence-electron chi connectivity index (χ4n) is 3.32. The normalized spacial score (nSPS) is 18.2. The number of nitrogens with zero attached hydrogens (tertiary/aromatic N) is 1. The number of para-hydroxylation sites is 1. The Balaban J connectivity index is 1.59. The van der Waals surface area contributed by atoms with E-state index in [4.69, 9.17) is 0 Å². The van der Waals surface area contributed by atoms with Crippen LogP contribution >= 0.6 is 0 Å². The molecule has 0 bridgehead atoms. The summed E-state index contributed by atoms with van der Waals surface area (Å²) in [5.74, 6) is -0.356. The van der Waals surface area contributed by atoms with Crippen molar-refractivity contribution in [3.8, 4) is 0 Å². The predicted octanol–water partition coefficient (Wildman–Crippen LogP) is 3.87. The second kappa shape index (κ2) is 8.17. The maximum Gasteiger partial charge on any atom is 0.228 e. The Kier molecular flexibility index (Phi) is 5.71. The molecule has 0 aliphatic heterocycles. The second-order valence-electron chi connectivity index (χ2n) is 6.79. The van der Waals surface area contributed by atoms with Crippen molar-refractivity contribution < 1.29 is 9.59 Å². The third-order valence-electron chi connectivity index (χ3n) is 5.01. The fraction of sp³-hybridized carbons (Fsp3) is 0.364. The van der Waals surface area contributed by atoms with Crippen molar-refractivity contribution in [2.75, 3.05) is 11.9 Å². The summed E-state index contributed by atoms with van der Waals surface area (Å²) in [7, 11) is 0. The molecule has 1 fully saturated rings. The molecule has 136 valence electrons. The smallest absolute Gasteiger partial charge is 0.228 e. The Morgan fingerprint density at radius 2 is 1.69 bits per heavy atom. The van der Waals surface area contributed by atoms with Crippen molar-refractivity contribution in [3.63, 3.8) is 0 Å². The molecule has 1 aliphatic rings. The van der Waals surface area contributed by atoms with Gasteiger partial charge in [-0.25, -0.2) is 0 Å². The lowest BCUT2D eigenvalue weighted by Gasteiger charge is -2.21. The molecule has 2 aromatic rings. The van der Waals surface area contributed by atoms with E-state index in [1.807, 2.05) is 66.4 Å². The van der Waals surface area contributed by atoms with Gasteiger partial charge in [-0.1, -0.05) is 55.5 Å². The minimum absolute atomic E-state index is 0.0417. The summed E-state index contributed by atoms with van der Waals surface area (Å²) in [6, 6.07) is 17.8. The third kappa shape index (κ3) is 4.13. The number of amides is 2. The van der Waals surface area contributed by atoms with Crippen LogP contribution in [0.1, 0.15) is 31.4 Å². The first-order chi connectivity index (χ1) is 12.6. The van der Waals surface area contributed by atoms with E-state index in [0.717, 1.165) is 23.2 Å². The third-order valence-corrected chi connectivity index (χ3v) is 5.01. The Bertz CT molecular complexity index is 773. The maximum absolute atomic E-state index is 12.8. The van der Waals surface area contributed by atoms with Gasteiger partial charge in [0.2, 0.25) is 11.8 Å². The molecule has 0 spiro atoms. The molecule has 0 radical (unpaired) electrons. The Hall–Kier alpha value is -2.62. The summed E-state index contributed by atoms with van der Waals surface area (Å²) >= 11 is 0. The highest BCUT2D eigenvalue weighted by molar-refractivity contribution is 5.99. The van der Waals surface area contributed by atoms with E-state index in [2.05, 4.69) is 12.2 Å². The molecule has 0 saturated heterocycles. The number of aryl methyl sites for hydroxylation is 1. The Labute approximate surface area is 155 Å². The molecule has 0 heterocycles. The van der Waals surface area contributed by atoms with Gasteiger partial charge in [-0.05, 0) is 37.0 Å². The molecular weight excluding hydrogens is 324 g/mol. The molecule has 1 saturated carbocycles. The van der Waals surface area contributed by atoms with E-state index in [-0.39, 0.29) is 23.7 Å². The van der Waals surface area contributed by atoms with Gasteiger partial charge in [-0.3, -0.25) is 9.59 Å². The molecule has 4 heteroatoms. The molecule has 3 rings (SSSR count). The summed E-state index contributed by atoms with van der Waals surface area (Å²) < 4.78 is 0. The van der Waals surface area contributed by atoms with Crippen LogP contribution in [-0.4, -0.2) is 23.3 Å². The van der Waals surface area contributed by atoms with E-state index in [1.54, 1.807) is 0 Å². The first kappa shape index (κ1) is 18.2. The van der Waals surface area contributed by atoms with E-state index in [9.17, 15) is 9.59 Å². The molecular formula is C22H26N2O2. The van der Waals surface area contributed by atoms with Crippen molar-refractivity contribution in [1.29, 1.82) is 0 Å². The standard InChI is InChI=1S/C22H26N2O2/c1-3-17-12-8-9-13-20(17)23-21(25)18-14-19(18)22(26)24(4-2)15-16-10-6-5-7-11-16/h5-13,18-19H,3-4,14-15H2,1-2H3,(H,23,25). The lowest BCUT2D eigenvalue weighted by Crippen LogP contribution is -2.33. The summed E-state index contributed by atoms with van der Waals surface area (Å²) in [4.78, 5) is 27.2. The number of carbonyl (C=O) groups excluding carboxylic acids is 2. The van der Waals surface area contributed by atoms with Crippen molar-refractivity contribution in [3.05, 3.63) is 65.7 Å². The van der Waals surface area contributed by atoms with Gasteiger partial charge in [-0.2, -0.15) is 0 Å². The number of anilines is 1. The fourth-order valence-corrected chi connectivity index (χ4v) is 3.32. The van der Waals surface area contributed by atoms with Crippen LogP contribution in [0.3, 0.4) is 0 Å². The number of benzene rings is 2. The first-order valence-corrected chi connectivity index (χ1v) is 9.35. The van der Waals surface area contributed by atoms with Crippen molar-refractivity contribution in [2.24, 2.45) is 11.8 Å². The van der Waals surface area contributed by atoms with Crippen LogP contribution in [0, 0.1) is 11.8 Å². The number of carbonyl (C=O) groups is 2. The van der Waals surface area contributed by atoms with Crippen molar-refractivity contribution >= 4 is 17.5 Å². The van der Waals surface area contributed by atoms with E-state index in [1.165, 1.54) is 0 Å². The monoisotopic (exact) mass is 350 g/mol. The predicted molar refractivity (Wildman–Crippen MR) is 104 cm³/mol. The molecule has 1 N–H and O–H groups in total. The van der Waals surface area contributed by atoms with Gasteiger partial charge in [0.05, 0.1) is 11.8 Å². The Morgan fingerprint density at radius 3 is 2.38 bits per heavy atom. The number of hydrogen-bond acceptors (Lipinski definition) is 2. The maximum atomic E-state index is 12.8. The van der Waals surface area contributed by atoms with Crippen LogP contribution in [0.25, 0.3) is 0 Å². The van der Waals surface area contributed by atoms with Gasteiger partial charge in [0.1, 0.15) is 0 Å². The number of nitrogens with one attached hydrogen (secondary N) is 1. The minimum atomic E-state index is -0.211. The van der Waals surface area contributed by atoms with Crippen LogP contribution in [0.2, 0.25) is 0 Å². The quantitative estimate of drug-likeness (QED) is 0.824. The topological polar surface area (TPSA) is 49.4 Å². The van der Waals surface area contributed by atoms with E-state index >= 15 is 0 Å². The highest BCUT2D eigenvalue weighted by atomic mass is 16.2. The number of rotatable bonds is 7. The van der Waals surface area contributed by atoms with Crippen LogP contribution in [0.15, 0.2) is 54.6 Å². The minimum Gasteiger partial charge on any atom is -0.338 e. The van der Waals surface area contributed by atoms with Gasteiger partial charge >= 0.3 is 0 Å². The molecule has 26 heavy (non-hydrogen) atoms. The van der Waals surface area contributed by atoms with Crippen LogP contribution in [0.4, 0.5) is 5.69 Å². The van der Waals surface area contributed by atoms with E-state index < -0.39 is 0 Å². The molecule has 0 aromatic heterocycles. The second-order valence-corrected chi connectivity index (χ2v) is 6.79. The average molecular weight is 350 g/mol. The summed E-state index contributed by atoms with van der Waals surface area (Å²) in [6.45, 7) is 5.30. The van der Waals surface area contributed by atoms with Gasteiger partial charge in [-0.15, -0.1) is 0 Å². The zero-order valence-electron chi connectivity index (χ0n) is 15.4. The summed E-state index contributed by atoms with van der Waals surface area (Å²) in [5, 5.41) is 3.01. The number of hydrogen-bond donors (Lipinski definition) is 1. The first-order valence-electron chi connectivity index (χ1n) is 9.35. The highest BCUT2D eigenvalue weighted by Crippen LogP contribution is 2.41. The van der Waals surface area contributed by atoms with Crippen LogP contribution in [-0.2, 0) is 22.6 Å². The van der Waals surface area contributed by atoms with Crippen LogP contribution < -0.4 is 5.32 Å². The molecule has 1 aliphatic carbocycles. The Morgan fingerprint density at radius 1 is 1.00 bits per heavy atom.